The highest BCUT2D eigenvalue weighted by atomic mass is 32.1. The fraction of sp³-hybridized carbons (Fsp3) is 0.300. The molecule has 1 aliphatic carbocycles. The number of carbonyl (C=O) groups is 2. The highest BCUT2D eigenvalue weighted by Gasteiger charge is 2.30. The molecule has 2 aromatic rings. The molecule has 11 heteroatoms. The quantitative estimate of drug-likeness (QED) is 0.327. The van der Waals surface area contributed by atoms with E-state index in [1.54, 1.807) is 19.9 Å². The molecule has 3 rings (SSSR count). The number of thiophene rings is 1. The van der Waals surface area contributed by atoms with Gasteiger partial charge in [-0.1, -0.05) is 28.7 Å². The number of nitroso groups, excluding NO2 is 1. The van der Waals surface area contributed by atoms with Crippen molar-refractivity contribution in [1.82, 2.24) is 10.3 Å². The van der Waals surface area contributed by atoms with Gasteiger partial charge in [-0.2, -0.15) is 4.91 Å². The van der Waals surface area contributed by atoms with Crippen LogP contribution in [0.15, 0.2) is 35.3 Å². The molecule has 9 nitrogen and oxygen atoms in total. The third kappa shape index (κ3) is 4.78. The van der Waals surface area contributed by atoms with Gasteiger partial charge in [0.05, 0.1) is 21.5 Å². The summed E-state index contributed by atoms with van der Waals surface area (Å²) in [4.78, 5) is 39.9. The van der Waals surface area contributed by atoms with E-state index in [0.717, 1.165) is 22.5 Å². The Bertz CT molecular complexity index is 1090. The number of ether oxygens (including phenoxy) is 1. The van der Waals surface area contributed by atoms with Gasteiger partial charge in [0.15, 0.2) is 5.06 Å². The molecule has 0 spiro atoms. The maximum absolute atomic E-state index is 12.2. The highest BCUT2D eigenvalue weighted by Crippen LogP contribution is 2.43. The number of primary amides is 1. The average Bonchev–Trinajstić information content (AvgIpc) is 3.12. The van der Waals surface area contributed by atoms with E-state index in [1.807, 2.05) is 0 Å². The monoisotopic (exact) mass is 459 g/mol. The molecule has 31 heavy (non-hydrogen) atoms. The van der Waals surface area contributed by atoms with Gasteiger partial charge in [-0.3, -0.25) is 9.59 Å². The molecule has 0 saturated heterocycles. The van der Waals surface area contributed by atoms with Crippen molar-refractivity contribution in [1.29, 1.82) is 0 Å². The van der Waals surface area contributed by atoms with Crippen LogP contribution in [-0.2, 0) is 6.42 Å². The maximum Gasteiger partial charge on any atom is 0.269 e. The molecule has 2 heterocycles. The molecule has 0 bridgehead atoms. The Hall–Kier alpha value is -3.18. The minimum absolute atomic E-state index is 0.0843. The lowest BCUT2D eigenvalue weighted by atomic mass is 9.89. The van der Waals surface area contributed by atoms with Crippen molar-refractivity contribution in [2.45, 2.75) is 32.2 Å². The molecule has 5 N–H and O–H groups in total. The van der Waals surface area contributed by atoms with Crippen molar-refractivity contribution in [3.05, 3.63) is 56.7 Å². The largest absolute Gasteiger partial charge is 0.444 e. The van der Waals surface area contributed by atoms with Crippen LogP contribution in [-0.4, -0.2) is 33.7 Å². The number of aromatic nitrogens is 1. The summed E-state index contributed by atoms with van der Waals surface area (Å²) in [6.45, 7) is 3.31. The molecule has 0 aromatic carbocycles. The lowest BCUT2D eigenvalue weighted by Crippen LogP contribution is -2.37. The fourth-order valence-corrected chi connectivity index (χ4v) is 4.50. The summed E-state index contributed by atoms with van der Waals surface area (Å²) in [5.74, 6) is -0.623. The Balaban J connectivity index is 1.82. The number of fused-ring (bicyclic) bond motifs is 1. The molecule has 0 unspecified atom stereocenters. The van der Waals surface area contributed by atoms with Gasteiger partial charge in [0.1, 0.15) is 17.0 Å². The van der Waals surface area contributed by atoms with Crippen LogP contribution in [0.2, 0.25) is 0 Å². The second-order valence-corrected chi connectivity index (χ2v) is 8.92. The normalized spacial score (nSPS) is 14.8. The van der Waals surface area contributed by atoms with Crippen molar-refractivity contribution < 1.29 is 14.3 Å². The van der Waals surface area contributed by atoms with Gasteiger partial charge in [-0.25, -0.2) is 4.98 Å². The molecule has 0 atom stereocenters. The number of nitrogens with zero attached hydrogens (tertiary/aromatic N) is 2. The van der Waals surface area contributed by atoms with Crippen LogP contribution in [0.3, 0.4) is 0 Å². The van der Waals surface area contributed by atoms with Gasteiger partial charge in [0.2, 0.25) is 0 Å². The smallest absolute Gasteiger partial charge is 0.269 e. The van der Waals surface area contributed by atoms with Gasteiger partial charge >= 0.3 is 0 Å². The standard InChI is InChI=1S/C20H21N5O4S2/c1-20(2,25-28)9-24-18(27)13-6-4-11(8-23-13)29-19-14-12(16(31-19)17(22)26)5-3-10(7-21)15(14)30/h4,6-8H,3,5,9,21H2,1-2H3,(H2,22,26)(H,24,27). The minimum Gasteiger partial charge on any atom is -0.444 e. The van der Waals surface area contributed by atoms with Crippen LogP contribution in [0.5, 0.6) is 10.8 Å². The maximum atomic E-state index is 12.2. The molecule has 162 valence electrons. The lowest BCUT2D eigenvalue weighted by molar-refractivity contribution is 0.0940. The zero-order chi connectivity index (χ0) is 22.8. The van der Waals surface area contributed by atoms with Crippen molar-refractivity contribution in [3.8, 4) is 10.8 Å². The van der Waals surface area contributed by atoms with Crippen LogP contribution in [0, 0.1) is 4.91 Å². The van der Waals surface area contributed by atoms with E-state index in [2.05, 4.69) is 15.5 Å². The number of thiocarbonyl (C=S) groups is 1. The summed E-state index contributed by atoms with van der Waals surface area (Å²) in [6.07, 6.45) is 4.06. The first-order valence-electron chi connectivity index (χ1n) is 9.34. The predicted octanol–water partition coefficient (Wildman–Crippen LogP) is 2.82. The number of pyridine rings is 1. The Morgan fingerprint density at radius 2 is 2.13 bits per heavy atom. The van der Waals surface area contributed by atoms with E-state index in [4.69, 9.17) is 28.4 Å². The SMILES string of the molecule is CC(C)(CNC(=O)c1ccc(Oc2sc(C(N)=O)c3c2C(=S)C(=CN)CC3)cn1)N=O. The molecule has 2 aromatic heterocycles. The molecular formula is C20H21N5O4S2. The number of hydrogen-bond acceptors (Lipinski definition) is 9. The van der Waals surface area contributed by atoms with Crippen molar-refractivity contribution in [2.75, 3.05) is 6.54 Å². The Labute approximate surface area is 187 Å². The molecule has 2 amide bonds. The Kier molecular flexibility index (Phi) is 6.46. The van der Waals surface area contributed by atoms with Gasteiger partial charge in [0.25, 0.3) is 11.8 Å². The number of hydrogen-bond donors (Lipinski definition) is 3. The average molecular weight is 460 g/mol. The highest BCUT2D eigenvalue weighted by molar-refractivity contribution is 7.81. The zero-order valence-electron chi connectivity index (χ0n) is 16.9. The van der Waals surface area contributed by atoms with E-state index in [9.17, 15) is 14.5 Å². The molecule has 0 fully saturated rings. The molecule has 0 radical (unpaired) electrons. The number of nitrogens with two attached hydrogens (primary N) is 2. The Morgan fingerprint density at radius 3 is 2.71 bits per heavy atom. The first-order valence-corrected chi connectivity index (χ1v) is 10.6. The van der Waals surface area contributed by atoms with Crippen LogP contribution in [0.25, 0.3) is 0 Å². The summed E-state index contributed by atoms with van der Waals surface area (Å²) >= 11 is 6.66. The van der Waals surface area contributed by atoms with Crippen LogP contribution >= 0.6 is 23.6 Å². The van der Waals surface area contributed by atoms with E-state index >= 15 is 0 Å². The van der Waals surface area contributed by atoms with Gasteiger partial charge in [-0.15, -0.1) is 0 Å². The van der Waals surface area contributed by atoms with Gasteiger partial charge < -0.3 is 21.5 Å². The zero-order valence-corrected chi connectivity index (χ0v) is 18.6. The number of amides is 2. The van der Waals surface area contributed by atoms with E-state index in [1.165, 1.54) is 18.5 Å². The number of rotatable bonds is 7. The van der Waals surface area contributed by atoms with Crippen LogP contribution in [0.4, 0.5) is 0 Å². The second-order valence-electron chi connectivity index (χ2n) is 7.53. The predicted molar refractivity (Wildman–Crippen MR) is 122 cm³/mol. The third-order valence-electron chi connectivity index (χ3n) is 4.67. The summed E-state index contributed by atoms with van der Waals surface area (Å²) in [6, 6.07) is 3.07. The first-order chi connectivity index (χ1) is 14.7. The molecular weight excluding hydrogens is 438 g/mol. The fourth-order valence-electron chi connectivity index (χ4n) is 2.98. The van der Waals surface area contributed by atoms with Gasteiger partial charge in [0, 0.05) is 6.54 Å². The van der Waals surface area contributed by atoms with Gasteiger partial charge in [-0.05, 0) is 56.2 Å². The van der Waals surface area contributed by atoms with Crippen molar-refractivity contribution in [3.63, 3.8) is 0 Å². The summed E-state index contributed by atoms with van der Waals surface area (Å²) in [5, 5.41) is 5.99. The molecule has 0 aliphatic heterocycles. The number of nitrogens with one attached hydrogen (secondary N) is 1. The summed E-state index contributed by atoms with van der Waals surface area (Å²) < 4.78 is 5.94. The third-order valence-corrected chi connectivity index (χ3v) is 6.26. The van der Waals surface area contributed by atoms with E-state index in [0.29, 0.717) is 39.0 Å². The molecule has 0 saturated carbocycles. The first kappa shape index (κ1) is 22.5. The Morgan fingerprint density at radius 1 is 1.39 bits per heavy atom. The van der Waals surface area contributed by atoms with E-state index in [-0.39, 0.29) is 12.2 Å². The van der Waals surface area contributed by atoms with Crippen LogP contribution in [0.1, 0.15) is 51.6 Å². The summed E-state index contributed by atoms with van der Waals surface area (Å²) in [5.41, 5.74) is 12.7. The number of allylic oxidation sites excluding steroid dienone is 1. The summed E-state index contributed by atoms with van der Waals surface area (Å²) in [7, 11) is 0. The topological polar surface area (TPSA) is 150 Å². The minimum atomic E-state index is -0.912. The van der Waals surface area contributed by atoms with E-state index < -0.39 is 17.4 Å². The van der Waals surface area contributed by atoms with Crippen molar-refractivity contribution >= 4 is 40.2 Å². The molecule has 1 aliphatic rings. The number of carbonyl (C=O) groups excluding carboxylic acids is 2. The lowest BCUT2D eigenvalue weighted by Gasteiger charge is -2.18. The second kappa shape index (κ2) is 8.90. The van der Waals surface area contributed by atoms with Crippen molar-refractivity contribution in [2.24, 2.45) is 16.6 Å². The van der Waals surface area contributed by atoms with Crippen LogP contribution < -0.4 is 21.5 Å².